The highest BCUT2D eigenvalue weighted by Gasteiger charge is 2.23. The average molecular weight is 369 g/mol. The van der Waals surface area contributed by atoms with Crippen molar-refractivity contribution >= 4 is 50.7 Å². The fourth-order valence-electron chi connectivity index (χ4n) is 2.16. The first-order chi connectivity index (χ1) is 11.0. The Kier molecular flexibility index (Phi) is 4.98. The monoisotopic (exact) mass is 368 g/mol. The number of hydrogen-bond donors (Lipinski definition) is 1. The molecule has 1 aliphatic rings. The van der Waals surface area contributed by atoms with E-state index in [0.717, 1.165) is 31.6 Å². The summed E-state index contributed by atoms with van der Waals surface area (Å²) in [4.78, 5) is 25.9. The molecule has 0 radical (unpaired) electrons. The van der Waals surface area contributed by atoms with Gasteiger partial charge in [0.05, 0.1) is 41.3 Å². The standard InChI is InChI=1S/C14H16N4O2S3/c1-7-12(22-8(2)16-7)10-6-21-14(17-10)18-13-15-5-9(23-13)4-11(19)20-3/h6,9H,4-5H2,1-3H3,(H,15,17,18). The van der Waals surface area contributed by atoms with Crippen molar-refractivity contribution in [3.63, 3.8) is 0 Å². The van der Waals surface area contributed by atoms with Crippen LogP contribution in [0.15, 0.2) is 10.4 Å². The molecular formula is C14H16N4O2S3. The molecule has 1 unspecified atom stereocenters. The van der Waals surface area contributed by atoms with Gasteiger partial charge in [0, 0.05) is 10.6 Å². The zero-order chi connectivity index (χ0) is 16.4. The average Bonchev–Trinajstić information content (AvgIpc) is 3.21. The third kappa shape index (κ3) is 3.91. The molecule has 0 saturated heterocycles. The fourth-order valence-corrected chi connectivity index (χ4v) is 4.87. The van der Waals surface area contributed by atoms with E-state index in [1.165, 1.54) is 18.4 Å². The minimum atomic E-state index is -0.202. The largest absolute Gasteiger partial charge is 0.469 e. The molecule has 1 atom stereocenters. The Bertz CT molecular complexity index is 753. The number of ether oxygens (including phenoxy) is 1. The Labute approximate surface area is 146 Å². The van der Waals surface area contributed by atoms with Crippen molar-refractivity contribution in [3.05, 3.63) is 16.1 Å². The van der Waals surface area contributed by atoms with Crippen LogP contribution in [0.25, 0.3) is 10.6 Å². The van der Waals surface area contributed by atoms with E-state index < -0.39 is 0 Å². The Balaban J connectivity index is 1.62. The van der Waals surface area contributed by atoms with Gasteiger partial charge < -0.3 is 10.1 Å². The second-order valence-corrected chi connectivity index (χ2v) is 8.33. The molecule has 3 rings (SSSR count). The minimum absolute atomic E-state index is 0.135. The summed E-state index contributed by atoms with van der Waals surface area (Å²) in [5.41, 5.74) is 1.95. The summed E-state index contributed by atoms with van der Waals surface area (Å²) in [6.07, 6.45) is 0.373. The van der Waals surface area contributed by atoms with E-state index in [-0.39, 0.29) is 11.2 Å². The molecule has 0 bridgehead atoms. The maximum atomic E-state index is 11.3. The van der Waals surface area contributed by atoms with Gasteiger partial charge in [-0.2, -0.15) is 0 Å². The second kappa shape index (κ2) is 6.98. The molecule has 3 heterocycles. The van der Waals surface area contributed by atoms with E-state index in [4.69, 9.17) is 4.74 Å². The summed E-state index contributed by atoms with van der Waals surface area (Å²) in [5, 5.41) is 8.04. The molecule has 0 aromatic carbocycles. The number of anilines is 1. The second-order valence-electron chi connectivity index (χ2n) is 4.98. The lowest BCUT2D eigenvalue weighted by atomic mass is 10.3. The number of nitrogens with one attached hydrogen (secondary N) is 1. The van der Waals surface area contributed by atoms with E-state index >= 15 is 0 Å². The maximum absolute atomic E-state index is 11.3. The van der Waals surface area contributed by atoms with Crippen molar-refractivity contribution in [2.75, 3.05) is 19.0 Å². The number of thioether (sulfide) groups is 1. The summed E-state index contributed by atoms with van der Waals surface area (Å²) >= 11 is 4.75. The predicted molar refractivity (Wildman–Crippen MR) is 96.6 cm³/mol. The number of esters is 1. The molecule has 23 heavy (non-hydrogen) atoms. The highest BCUT2D eigenvalue weighted by Crippen LogP contribution is 2.33. The van der Waals surface area contributed by atoms with Gasteiger partial charge in [-0.15, -0.1) is 22.7 Å². The molecule has 0 fully saturated rings. The van der Waals surface area contributed by atoms with Crippen LogP contribution in [-0.4, -0.2) is 40.0 Å². The van der Waals surface area contributed by atoms with Gasteiger partial charge in [0.25, 0.3) is 0 Å². The Morgan fingerprint density at radius 3 is 2.96 bits per heavy atom. The number of aryl methyl sites for hydroxylation is 2. The molecule has 0 aliphatic carbocycles. The van der Waals surface area contributed by atoms with Gasteiger partial charge >= 0.3 is 5.97 Å². The Morgan fingerprint density at radius 1 is 1.43 bits per heavy atom. The van der Waals surface area contributed by atoms with Crippen molar-refractivity contribution in [1.29, 1.82) is 0 Å². The number of aliphatic imine (C=N–C) groups is 1. The van der Waals surface area contributed by atoms with E-state index in [2.05, 4.69) is 20.3 Å². The molecule has 0 saturated carbocycles. The first-order valence-corrected chi connectivity index (χ1v) is 9.57. The van der Waals surface area contributed by atoms with Crippen LogP contribution in [0.3, 0.4) is 0 Å². The zero-order valence-electron chi connectivity index (χ0n) is 13.0. The van der Waals surface area contributed by atoms with Gasteiger partial charge in [-0.3, -0.25) is 9.79 Å². The zero-order valence-corrected chi connectivity index (χ0v) is 15.4. The maximum Gasteiger partial charge on any atom is 0.306 e. The lowest BCUT2D eigenvalue weighted by Crippen LogP contribution is -2.13. The fraction of sp³-hybridized carbons (Fsp3) is 0.429. The quantitative estimate of drug-likeness (QED) is 0.834. The molecule has 1 aliphatic heterocycles. The molecule has 1 N–H and O–H groups in total. The minimum Gasteiger partial charge on any atom is -0.469 e. The predicted octanol–water partition coefficient (Wildman–Crippen LogP) is 3.33. The lowest BCUT2D eigenvalue weighted by molar-refractivity contribution is -0.140. The first kappa shape index (κ1) is 16.4. The van der Waals surface area contributed by atoms with Crippen LogP contribution >= 0.6 is 34.4 Å². The van der Waals surface area contributed by atoms with Gasteiger partial charge in [0.1, 0.15) is 0 Å². The number of rotatable bonds is 4. The molecule has 0 spiro atoms. The van der Waals surface area contributed by atoms with Crippen LogP contribution in [-0.2, 0) is 9.53 Å². The summed E-state index contributed by atoms with van der Waals surface area (Å²) in [7, 11) is 1.40. The molecule has 9 heteroatoms. The number of nitrogens with zero attached hydrogens (tertiary/aromatic N) is 3. The summed E-state index contributed by atoms with van der Waals surface area (Å²) in [6.45, 7) is 4.62. The van der Waals surface area contributed by atoms with E-state index in [1.807, 2.05) is 19.2 Å². The third-order valence-corrected chi connectivity index (χ3v) is 6.15. The van der Waals surface area contributed by atoms with Crippen molar-refractivity contribution < 1.29 is 9.53 Å². The molecule has 6 nitrogen and oxygen atoms in total. The number of methoxy groups -OCH3 is 1. The van der Waals surface area contributed by atoms with Gasteiger partial charge in [-0.1, -0.05) is 11.8 Å². The van der Waals surface area contributed by atoms with Crippen LogP contribution in [0, 0.1) is 13.8 Å². The highest BCUT2D eigenvalue weighted by molar-refractivity contribution is 8.15. The topological polar surface area (TPSA) is 76.5 Å². The normalized spacial score (nSPS) is 17.2. The van der Waals surface area contributed by atoms with Crippen molar-refractivity contribution in [2.24, 2.45) is 4.99 Å². The molecule has 2 aromatic heterocycles. The van der Waals surface area contributed by atoms with Gasteiger partial charge in [0.15, 0.2) is 10.3 Å². The lowest BCUT2D eigenvalue weighted by Gasteiger charge is -2.06. The van der Waals surface area contributed by atoms with Gasteiger partial charge in [-0.25, -0.2) is 9.97 Å². The smallest absolute Gasteiger partial charge is 0.306 e. The highest BCUT2D eigenvalue weighted by atomic mass is 32.2. The number of carbonyl (C=O) groups is 1. The number of thiazole rings is 2. The molecular weight excluding hydrogens is 352 g/mol. The number of hydrogen-bond acceptors (Lipinski definition) is 9. The van der Waals surface area contributed by atoms with Crippen LogP contribution < -0.4 is 5.32 Å². The van der Waals surface area contributed by atoms with Crippen LogP contribution in [0.1, 0.15) is 17.1 Å². The number of aromatic nitrogens is 2. The van der Waals surface area contributed by atoms with Crippen LogP contribution in [0.2, 0.25) is 0 Å². The van der Waals surface area contributed by atoms with E-state index in [9.17, 15) is 4.79 Å². The first-order valence-electron chi connectivity index (χ1n) is 7.00. The van der Waals surface area contributed by atoms with Crippen molar-refractivity contribution in [2.45, 2.75) is 25.5 Å². The summed E-state index contributed by atoms with van der Waals surface area (Å²) < 4.78 is 4.69. The number of carbonyl (C=O) groups excluding carboxylic acids is 1. The van der Waals surface area contributed by atoms with Crippen LogP contribution in [0.4, 0.5) is 5.13 Å². The third-order valence-electron chi connectivity index (χ3n) is 3.19. The molecule has 122 valence electrons. The van der Waals surface area contributed by atoms with Gasteiger partial charge in [-0.05, 0) is 13.8 Å². The SMILES string of the molecule is COC(=O)CC1CN=C(Nc2nc(-c3sc(C)nc3C)cs2)S1. The van der Waals surface area contributed by atoms with E-state index in [0.29, 0.717) is 13.0 Å². The molecule has 0 amide bonds. The van der Waals surface area contributed by atoms with Crippen molar-refractivity contribution in [1.82, 2.24) is 9.97 Å². The van der Waals surface area contributed by atoms with Gasteiger partial charge in [0.2, 0.25) is 0 Å². The Morgan fingerprint density at radius 2 is 2.26 bits per heavy atom. The van der Waals surface area contributed by atoms with Crippen molar-refractivity contribution in [3.8, 4) is 10.6 Å². The summed E-state index contributed by atoms with van der Waals surface area (Å²) in [5.74, 6) is -0.202. The molecule has 2 aromatic rings. The van der Waals surface area contributed by atoms with Crippen LogP contribution in [0.5, 0.6) is 0 Å². The van der Waals surface area contributed by atoms with E-state index in [1.54, 1.807) is 23.1 Å². The Hall–Kier alpha value is -1.45. The summed E-state index contributed by atoms with van der Waals surface area (Å²) in [6, 6.07) is 0. The number of amidine groups is 1.